The Balaban J connectivity index is 1.65. The van der Waals surface area contributed by atoms with Crippen molar-refractivity contribution in [2.24, 2.45) is 0 Å². The quantitative estimate of drug-likeness (QED) is 0.496. The molecule has 0 atom stereocenters. The van der Waals surface area contributed by atoms with Crippen LogP contribution in [0.3, 0.4) is 0 Å². The summed E-state index contributed by atoms with van der Waals surface area (Å²) in [4.78, 5) is 17.6. The average molecular weight is 386 g/mol. The van der Waals surface area contributed by atoms with Crippen LogP contribution in [-0.2, 0) is 0 Å². The number of halogens is 1. The highest BCUT2D eigenvalue weighted by Crippen LogP contribution is 2.34. The molecule has 4 nitrogen and oxygen atoms in total. The van der Waals surface area contributed by atoms with Gasteiger partial charge in [0, 0.05) is 10.1 Å². The zero-order chi connectivity index (χ0) is 18.3. The predicted octanol–water partition coefficient (Wildman–Crippen LogP) is 5.61. The summed E-state index contributed by atoms with van der Waals surface area (Å²) in [7, 11) is 0. The topological polar surface area (TPSA) is 51.2 Å². The number of hydrogen-bond acceptors (Lipinski definition) is 5. The van der Waals surface area contributed by atoms with E-state index in [1.54, 1.807) is 13.0 Å². The van der Waals surface area contributed by atoms with E-state index in [4.69, 9.17) is 4.74 Å². The lowest BCUT2D eigenvalue weighted by molar-refractivity contribution is 0.103. The van der Waals surface area contributed by atoms with Gasteiger partial charge < -0.3 is 4.74 Å². The first-order valence-electron chi connectivity index (χ1n) is 8.09. The van der Waals surface area contributed by atoms with E-state index in [1.165, 1.54) is 28.7 Å². The number of benzene rings is 2. The highest BCUT2D eigenvalue weighted by atomic mass is 32.1. The number of fused-ring (bicyclic) bond motifs is 2. The smallest absolute Gasteiger partial charge is 0.267 e. The Morgan fingerprint density at radius 3 is 2.85 bits per heavy atom. The number of carbonyl (C=O) groups excluding carboxylic acids is 1. The van der Waals surface area contributed by atoms with Gasteiger partial charge in [0.1, 0.15) is 11.6 Å². The molecule has 2 aromatic heterocycles. The van der Waals surface area contributed by atoms with Crippen LogP contribution in [0, 0.1) is 12.7 Å². The second-order valence-corrected chi connectivity index (χ2v) is 7.79. The minimum atomic E-state index is -0.307. The maximum atomic E-state index is 14.0. The lowest BCUT2D eigenvalue weighted by Crippen LogP contribution is -2.11. The summed E-state index contributed by atoms with van der Waals surface area (Å²) >= 11 is 2.67. The Bertz CT molecular complexity index is 1130. The van der Waals surface area contributed by atoms with Gasteiger partial charge in [-0.1, -0.05) is 17.4 Å². The number of carbonyl (C=O) groups is 1. The normalized spacial score (nSPS) is 11.2. The zero-order valence-electron chi connectivity index (χ0n) is 14.1. The first-order valence-corrected chi connectivity index (χ1v) is 9.72. The number of anilines is 1. The van der Waals surface area contributed by atoms with Crippen LogP contribution >= 0.6 is 22.7 Å². The number of nitrogens with zero attached hydrogens (tertiary/aromatic N) is 1. The van der Waals surface area contributed by atoms with Crippen molar-refractivity contribution in [3.05, 3.63) is 52.7 Å². The number of aryl methyl sites for hydroxylation is 1. The molecule has 0 unspecified atom stereocenters. The Morgan fingerprint density at radius 2 is 2.08 bits per heavy atom. The number of ether oxygens (including phenoxy) is 1. The van der Waals surface area contributed by atoms with Gasteiger partial charge in [-0.3, -0.25) is 10.1 Å². The van der Waals surface area contributed by atoms with Gasteiger partial charge in [-0.15, -0.1) is 11.3 Å². The molecule has 4 aromatic rings. The molecule has 1 N–H and O–H groups in total. The van der Waals surface area contributed by atoms with E-state index < -0.39 is 0 Å². The average Bonchev–Trinajstić information content (AvgIpc) is 3.16. The van der Waals surface area contributed by atoms with Crippen LogP contribution in [0.1, 0.15) is 22.2 Å². The molecule has 0 aliphatic heterocycles. The van der Waals surface area contributed by atoms with Crippen LogP contribution in [0.4, 0.5) is 9.52 Å². The molecule has 0 fully saturated rings. The van der Waals surface area contributed by atoms with Crippen molar-refractivity contribution in [3.8, 4) is 5.75 Å². The number of thiophene rings is 1. The fourth-order valence-electron chi connectivity index (χ4n) is 2.84. The van der Waals surface area contributed by atoms with E-state index in [-0.39, 0.29) is 11.7 Å². The summed E-state index contributed by atoms with van der Waals surface area (Å²) < 4.78 is 21.2. The molecule has 2 aromatic carbocycles. The first-order chi connectivity index (χ1) is 12.6. The number of hydrogen-bond donors (Lipinski definition) is 1. The minimum Gasteiger partial charge on any atom is -0.494 e. The third-order valence-corrected chi connectivity index (χ3v) is 6.19. The summed E-state index contributed by atoms with van der Waals surface area (Å²) in [6.45, 7) is 4.29. The van der Waals surface area contributed by atoms with E-state index in [0.29, 0.717) is 27.6 Å². The molecule has 132 valence electrons. The number of aromatic nitrogens is 1. The Kier molecular flexibility index (Phi) is 4.34. The molecule has 7 heteroatoms. The summed E-state index contributed by atoms with van der Waals surface area (Å²) in [5.41, 5.74) is 1.45. The molecular weight excluding hydrogens is 371 g/mol. The molecular formula is C19H15FN2O2S2. The molecule has 1 amide bonds. The third kappa shape index (κ3) is 2.93. The van der Waals surface area contributed by atoms with Crippen LogP contribution in [0.15, 0.2) is 36.4 Å². The van der Waals surface area contributed by atoms with Crippen molar-refractivity contribution < 1.29 is 13.9 Å². The van der Waals surface area contributed by atoms with Gasteiger partial charge in [-0.25, -0.2) is 9.37 Å². The van der Waals surface area contributed by atoms with Crippen molar-refractivity contribution in [2.45, 2.75) is 13.8 Å². The molecule has 0 saturated heterocycles. The Labute approximate surface area is 157 Å². The fraction of sp³-hybridized carbons (Fsp3) is 0.158. The Morgan fingerprint density at radius 1 is 1.23 bits per heavy atom. The maximum Gasteiger partial charge on any atom is 0.267 e. The predicted molar refractivity (Wildman–Crippen MR) is 105 cm³/mol. The second-order valence-electron chi connectivity index (χ2n) is 5.70. The summed E-state index contributed by atoms with van der Waals surface area (Å²) in [5, 5.41) is 3.85. The highest BCUT2D eigenvalue weighted by Gasteiger charge is 2.19. The van der Waals surface area contributed by atoms with Gasteiger partial charge in [0.2, 0.25) is 0 Å². The van der Waals surface area contributed by atoms with Gasteiger partial charge in [0.15, 0.2) is 5.13 Å². The van der Waals surface area contributed by atoms with Gasteiger partial charge in [0.05, 0.1) is 21.7 Å². The lowest BCUT2D eigenvalue weighted by Gasteiger charge is -2.00. The van der Waals surface area contributed by atoms with Crippen LogP contribution in [0.5, 0.6) is 5.75 Å². The standard InChI is InChI=1S/C19H15FN2O2S2/c1-3-24-11-7-8-13-15(9-11)26-19(21-13)22-18(23)17-10(2)16-12(20)5-4-6-14(16)25-17/h4-9H,3H2,1-2H3,(H,21,22,23). The summed E-state index contributed by atoms with van der Waals surface area (Å²) in [5.74, 6) is 0.197. The van der Waals surface area contributed by atoms with Crippen LogP contribution in [-0.4, -0.2) is 17.5 Å². The van der Waals surface area contributed by atoms with Crippen molar-refractivity contribution in [1.29, 1.82) is 0 Å². The van der Waals surface area contributed by atoms with Gasteiger partial charge in [0.25, 0.3) is 5.91 Å². The van der Waals surface area contributed by atoms with E-state index >= 15 is 0 Å². The van der Waals surface area contributed by atoms with Crippen molar-refractivity contribution in [1.82, 2.24) is 4.98 Å². The van der Waals surface area contributed by atoms with Gasteiger partial charge in [-0.05, 0) is 49.7 Å². The molecule has 0 spiro atoms. The van der Waals surface area contributed by atoms with Crippen molar-refractivity contribution in [2.75, 3.05) is 11.9 Å². The molecule has 4 rings (SSSR count). The molecule has 2 heterocycles. The summed E-state index contributed by atoms with van der Waals surface area (Å²) in [6.07, 6.45) is 0. The van der Waals surface area contributed by atoms with Crippen molar-refractivity contribution >= 4 is 54.0 Å². The minimum absolute atomic E-state index is 0.271. The lowest BCUT2D eigenvalue weighted by atomic mass is 10.1. The molecule has 0 saturated carbocycles. The second kappa shape index (κ2) is 6.66. The number of rotatable bonds is 4. The number of amides is 1. The van der Waals surface area contributed by atoms with E-state index in [9.17, 15) is 9.18 Å². The van der Waals surface area contributed by atoms with Gasteiger partial charge >= 0.3 is 0 Å². The van der Waals surface area contributed by atoms with Crippen LogP contribution in [0.25, 0.3) is 20.3 Å². The molecule has 26 heavy (non-hydrogen) atoms. The van der Waals surface area contributed by atoms with E-state index in [0.717, 1.165) is 20.7 Å². The number of thiazole rings is 1. The monoisotopic (exact) mass is 386 g/mol. The molecule has 0 aliphatic rings. The van der Waals surface area contributed by atoms with E-state index in [1.807, 2.05) is 31.2 Å². The molecule has 0 aliphatic carbocycles. The number of nitrogens with one attached hydrogen (secondary N) is 1. The first kappa shape index (κ1) is 16.9. The highest BCUT2D eigenvalue weighted by molar-refractivity contribution is 7.23. The molecule has 0 bridgehead atoms. The van der Waals surface area contributed by atoms with Crippen LogP contribution in [0.2, 0.25) is 0 Å². The SMILES string of the molecule is CCOc1ccc2nc(NC(=O)c3sc4cccc(F)c4c3C)sc2c1. The largest absolute Gasteiger partial charge is 0.494 e. The Hall–Kier alpha value is -2.51. The third-order valence-electron chi connectivity index (χ3n) is 4.00. The van der Waals surface area contributed by atoms with Crippen molar-refractivity contribution in [3.63, 3.8) is 0 Å². The van der Waals surface area contributed by atoms with E-state index in [2.05, 4.69) is 10.3 Å². The van der Waals surface area contributed by atoms with Crippen LogP contribution < -0.4 is 10.1 Å². The summed E-state index contributed by atoms with van der Waals surface area (Å²) in [6, 6.07) is 10.5. The fourth-order valence-corrected chi connectivity index (χ4v) is 4.85. The zero-order valence-corrected chi connectivity index (χ0v) is 15.8. The maximum absolute atomic E-state index is 14.0. The van der Waals surface area contributed by atoms with Gasteiger partial charge in [-0.2, -0.15) is 0 Å². The molecule has 0 radical (unpaired) electrons.